The van der Waals surface area contributed by atoms with Crippen LogP contribution < -0.4 is 9.47 Å². The molecule has 6 nitrogen and oxygen atoms in total. The molecule has 0 atom stereocenters. The van der Waals surface area contributed by atoms with E-state index in [2.05, 4.69) is 0 Å². The number of hydrogen-bond acceptors (Lipinski definition) is 4. The molecule has 3 aromatic rings. The molecule has 2 heterocycles. The molecule has 0 aliphatic carbocycles. The number of aromatic nitrogens is 1. The predicted molar refractivity (Wildman–Crippen MR) is 90.3 cm³/mol. The van der Waals surface area contributed by atoms with Gasteiger partial charge in [0.05, 0.1) is 11.9 Å². The fraction of sp³-hybridized carbons (Fsp3) is 0.158. The molecule has 25 heavy (non-hydrogen) atoms. The van der Waals surface area contributed by atoms with E-state index >= 15 is 0 Å². The Morgan fingerprint density at radius 2 is 1.80 bits per heavy atom. The molecular weight excluding hydrogens is 322 g/mol. The van der Waals surface area contributed by atoms with Gasteiger partial charge in [-0.3, -0.25) is 14.2 Å². The summed E-state index contributed by atoms with van der Waals surface area (Å²) in [6, 6.07) is 12.4. The van der Waals surface area contributed by atoms with Gasteiger partial charge in [-0.25, -0.2) is 0 Å². The minimum atomic E-state index is -0.952. The Morgan fingerprint density at radius 1 is 1.12 bits per heavy atom. The number of fused-ring (bicyclic) bond motifs is 2. The van der Waals surface area contributed by atoms with Gasteiger partial charge in [-0.1, -0.05) is 18.2 Å². The summed E-state index contributed by atoms with van der Waals surface area (Å²) in [4.78, 5) is 24.3. The van der Waals surface area contributed by atoms with E-state index in [0.29, 0.717) is 39.2 Å². The lowest BCUT2D eigenvalue weighted by atomic mass is 10.1. The van der Waals surface area contributed by atoms with E-state index < -0.39 is 5.97 Å². The van der Waals surface area contributed by atoms with Gasteiger partial charge in [0.25, 0.3) is 5.91 Å². The smallest absolute Gasteiger partial charge is 0.307 e. The SMILES string of the molecule is Cc1c(CC(=O)O)c2cc3c(cc2n1C(=O)c1ccccc1)OCO3. The van der Waals surface area contributed by atoms with Crippen LogP contribution in [-0.4, -0.2) is 28.3 Å². The molecule has 126 valence electrons. The number of carbonyl (C=O) groups excluding carboxylic acids is 1. The third-order valence-electron chi connectivity index (χ3n) is 4.38. The first-order valence-corrected chi connectivity index (χ1v) is 7.81. The Labute approximate surface area is 143 Å². The monoisotopic (exact) mass is 337 g/mol. The Balaban J connectivity index is 1.98. The van der Waals surface area contributed by atoms with Gasteiger partial charge in [-0.05, 0) is 30.7 Å². The molecule has 2 aromatic carbocycles. The summed E-state index contributed by atoms with van der Waals surface area (Å²) in [5.41, 5.74) is 2.36. The van der Waals surface area contributed by atoms with Crippen molar-refractivity contribution in [1.29, 1.82) is 0 Å². The zero-order valence-electron chi connectivity index (χ0n) is 13.5. The summed E-state index contributed by atoms with van der Waals surface area (Å²) in [7, 11) is 0. The standard InChI is InChI=1S/C19H15NO5/c1-11-13(8-18(21)22)14-7-16-17(25-10-24-16)9-15(14)20(11)19(23)12-5-3-2-4-6-12/h2-7,9H,8,10H2,1H3,(H,21,22). The number of benzene rings is 2. The molecule has 0 saturated carbocycles. The summed E-state index contributed by atoms with van der Waals surface area (Å²) in [6.45, 7) is 1.87. The van der Waals surface area contributed by atoms with Gasteiger partial charge in [0.1, 0.15) is 0 Å². The normalized spacial score (nSPS) is 12.5. The van der Waals surface area contributed by atoms with Crippen LogP contribution in [0.5, 0.6) is 11.5 Å². The van der Waals surface area contributed by atoms with E-state index in [1.54, 1.807) is 47.9 Å². The minimum Gasteiger partial charge on any atom is -0.481 e. The van der Waals surface area contributed by atoms with Crippen molar-refractivity contribution in [2.75, 3.05) is 6.79 Å². The first-order chi connectivity index (χ1) is 12.1. The van der Waals surface area contributed by atoms with Crippen molar-refractivity contribution in [3.05, 3.63) is 59.3 Å². The average Bonchev–Trinajstić information content (AvgIpc) is 3.16. The van der Waals surface area contributed by atoms with Gasteiger partial charge in [-0.2, -0.15) is 0 Å². The molecule has 0 amide bonds. The van der Waals surface area contributed by atoms with Crippen LogP contribution in [0.3, 0.4) is 0 Å². The van der Waals surface area contributed by atoms with E-state index in [0.717, 1.165) is 0 Å². The fourth-order valence-electron chi connectivity index (χ4n) is 3.21. The van der Waals surface area contributed by atoms with Crippen molar-refractivity contribution < 1.29 is 24.2 Å². The first-order valence-electron chi connectivity index (χ1n) is 7.81. The Bertz CT molecular complexity index is 1000. The van der Waals surface area contributed by atoms with Gasteiger partial charge >= 0.3 is 5.97 Å². The zero-order chi connectivity index (χ0) is 17.6. The maximum absolute atomic E-state index is 13.0. The fourth-order valence-corrected chi connectivity index (χ4v) is 3.21. The lowest BCUT2D eigenvalue weighted by molar-refractivity contribution is -0.136. The van der Waals surface area contributed by atoms with E-state index in [1.165, 1.54) is 0 Å². The molecule has 1 aliphatic rings. The first kappa shape index (κ1) is 15.3. The Hall–Kier alpha value is -3.28. The molecule has 0 unspecified atom stereocenters. The van der Waals surface area contributed by atoms with Gasteiger partial charge in [-0.15, -0.1) is 0 Å². The van der Waals surface area contributed by atoms with Gasteiger partial charge in [0.15, 0.2) is 11.5 Å². The van der Waals surface area contributed by atoms with Crippen LogP contribution >= 0.6 is 0 Å². The van der Waals surface area contributed by atoms with Gasteiger partial charge < -0.3 is 14.6 Å². The van der Waals surface area contributed by atoms with Crippen molar-refractivity contribution in [2.24, 2.45) is 0 Å². The number of ether oxygens (including phenoxy) is 2. The molecule has 0 spiro atoms. The molecule has 0 fully saturated rings. The lowest BCUT2D eigenvalue weighted by Gasteiger charge is -2.07. The molecule has 6 heteroatoms. The highest BCUT2D eigenvalue weighted by Crippen LogP contribution is 2.39. The number of nitrogens with zero attached hydrogens (tertiary/aromatic N) is 1. The Kier molecular flexibility index (Phi) is 3.46. The molecule has 4 rings (SSSR count). The molecule has 1 aromatic heterocycles. The maximum atomic E-state index is 13.0. The summed E-state index contributed by atoms with van der Waals surface area (Å²) >= 11 is 0. The third-order valence-corrected chi connectivity index (χ3v) is 4.38. The van der Waals surface area contributed by atoms with Crippen molar-refractivity contribution in [1.82, 2.24) is 4.57 Å². The summed E-state index contributed by atoms with van der Waals surface area (Å²) in [5, 5.41) is 9.95. The molecule has 0 saturated heterocycles. The molecule has 1 aliphatic heterocycles. The molecule has 1 N–H and O–H groups in total. The van der Waals surface area contributed by atoms with Gasteiger partial charge in [0.2, 0.25) is 6.79 Å². The summed E-state index contributed by atoms with van der Waals surface area (Å²) < 4.78 is 12.4. The van der Waals surface area contributed by atoms with Crippen LogP contribution in [-0.2, 0) is 11.2 Å². The minimum absolute atomic E-state index is 0.113. The number of aliphatic carboxylic acids is 1. The van der Waals surface area contributed by atoms with Crippen molar-refractivity contribution in [3.8, 4) is 11.5 Å². The highest BCUT2D eigenvalue weighted by Gasteiger charge is 2.25. The van der Waals surface area contributed by atoms with Crippen LogP contribution in [0, 0.1) is 6.92 Å². The number of rotatable bonds is 3. The topological polar surface area (TPSA) is 77.8 Å². The highest BCUT2D eigenvalue weighted by molar-refractivity contribution is 6.05. The maximum Gasteiger partial charge on any atom is 0.307 e. The van der Waals surface area contributed by atoms with Crippen LogP contribution in [0.1, 0.15) is 21.6 Å². The highest BCUT2D eigenvalue weighted by atomic mass is 16.7. The number of carboxylic acid groups (broad SMARTS) is 1. The van der Waals surface area contributed by atoms with Crippen LogP contribution in [0.4, 0.5) is 0 Å². The van der Waals surface area contributed by atoms with Crippen LogP contribution in [0.15, 0.2) is 42.5 Å². The van der Waals surface area contributed by atoms with E-state index in [9.17, 15) is 14.7 Å². The van der Waals surface area contributed by atoms with Crippen LogP contribution in [0.25, 0.3) is 10.9 Å². The van der Waals surface area contributed by atoms with E-state index in [1.807, 2.05) is 6.07 Å². The average molecular weight is 337 g/mol. The van der Waals surface area contributed by atoms with Gasteiger partial charge in [0, 0.05) is 22.7 Å². The number of carboxylic acids is 1. The second kappa shape index (κ2) is 5.66. The number of hydrogen-bond donors (Lipinski definition) is 1. The van der Waals surface area contributed by atoms with Crippen molar-refractivity contribution >= 4 is 22.8 Å². The van der Waals surface area contributed by atoms with Crippen molar-refractivity contribution in [3.63, 3.8) is 0 Å². The van der Waals surface area contributed by atoms with E-state index in [-0.39, 0.29) is 19.1 Å². The lowest BCUT2D eigenvalue weighted by Crippen LogP contribution is -2.14. The predicted octanol–water partition coefficient (Wildman–Crippen LogP) is 2.99. The second-order valence-electron chi connectivity index (χ2n) is 5.86. The third kappa shape index (κ3) is 2.42. The van der Waals surface area contributed by atoms with E-state index in [4.69, 9.17) is 9.47 Å². The number of carbonyl (C=O) groups is 2. The molecular formula is C19H15NO5. The summed E-state index contributed by atoms with van der Waals surface area (Å²) in [5.74, 6) is -0.0528. The quantitative estimate of drug-likeness (QED) is 0.795. The zero-order valence-corrected chi connectivity index (χ0v) is 13.5. The molecule has 0 bridgehead atoms. The Morgan fingerprint density at radius 3 is 2.48 bits per heavy atom. The summed E-state index contributed by atoms with van der Waals surface area (Å²) in [6.07, 6.45) is -0.170. The molecule has 0 radical (unpaired) electrons. The second-order valence-corrected chi connectivity index (χ2v) is 5.86. The van der Waals surface area contributed by atoms with Crippen LogP contribution in [0.2, 0.25) is 0 Å². The largest absolute Gasteiger partial charge is 0.481 e. The van der Waals surface area contributed by atoms with Crippen molar-refractivity contribution in [2.45, 2.75) is 13.3 Å².